The van der Waals surface area contributed by atoms with Gasteiger partial charge >= 0.3 is 0 Å². The summed E-state index contributed by atoms with van der Waals surface area (Å²) in [5.41, 5.74) is 0.809. The van der Waals surface area contributed by atoms with Gasteiger partial charge in [0.05, 0.1) is 13.2 Å². The second-order valence-electron chi connectivity index (χ2n) is 5.87. The molecule has 0 amide bonds. The average Bonchev–Trinajstić information content (AvgIpc) is 3.22. The molecule has 134 valence electrons. The smallest absolute Gasteiger partial charge is 0.247 e. The topological polar surface area (TPSA) is 94.8 Å². The van der Waals surface area contributed by atoms with Gasteiger partial charge in [-0.25, -0.2) is 8.42 Å². The monoisotopic (exact) mass is 385 g/mol. The molecular formula is C15H16ClN3O5S. The molecule has 10 heteroatoms. The maximum Gasteiger partial charge on any atom is 0.247 e. The van der Waals surface area contributed by atoms with E-state index in [4.69, 9.17) is 25.5 Å². The molecule has 3 heterocycles. The Hall–Kier alpha value is -1.68. The number of hydrogen-bond acceptors (Lipinski definition) is 7. The van der Waals surface area contributed by atoms with Crippen LogP contribution < -0.4 is 4.74 Å². The number of nitrogens with zero attached hydrogens (tertiary/aromatic N) is 3. The molecule has 0 spiro atoms. The number of sulfonamides is 1. The van der Waals surface area contributed by atoms with E-state index in [9.17, 15) is 8.42 Å². The van der Waals surface area contributed by atoms with Crippen LogP contribution in [0, 0.1) is 6.92 Å². The maximum absolute atomic E-state index is 13.1. The fraction of sp³-hybridized carbons (Fsp3) is 0.467. The number of benzene rings is 1. The largest absolute Gasteiger partial charge is 0.492 e. The fourth-order valence-corrected chi connectivity index (χ4v) is 4.93. The van der Waals surface area contributed by atoms with Gasteiger partial charge in [0.1, 0.15) is 16.7 Å². The first kappa shape index (κ1) is 16.8. The third-order valence-corrected chi connectivity index (χ3v) is 6.27. The molecule has 1 aromatic carbocycles. The van der Waals surface area contributed by atoms with Crippen molar-refractivity contribution >= 4 is 21.6 Å². The summed E-state index contributed by atoms with van der Waals surface area (Å²) in [5, 5.41) is 8.06. The van der Waals surface area contributed by atoms with E-state index < -0.39 is 16.1 Å². The summed E-state index contributed by atoms with van der Waals surface area (Å²) < 4.78 is 44.1. The molecule has 2 aliphatic rings. The number of morpholine rings is 1. The highest BCUT2D eigenvalue weighted by Crippen LogP contribution is 2.38. The first-order valence-corrected chi connectivity index (χ1v) is 9.64. The van der Waals surface area contributed by atoms with Crippen LogP contribution in [0.25, 0.3) is 0 Å². The van der Waals surface area contributed by atoms with Crippen LogP contribution >= 0.6 is 11.6 Å². The van der Waals surface area contributed by atoms with Gasteiger partial charge in [-0.15, -0.1) is 10.2 Å². The zero-order valence-corrected chi connectivity index (χ0v) is 15.0. The summed E-state index contributed by atoms with van der Waals surface area (Å²) in [5.74, 6) is 1.06. The van der Waals surface area contributed by atoms with Crippen molar-refractivity contribution in [2.24, 2.45) is 0 Å². The van der Waals surface area contributed by atoms with Gasteiger partial charge in [-0.2, -0.15) is 4.31 Å². The van der Waals surface area contributed by atoms with Crippen molar-refractivity contribution in [3.63, 3.8) is 0 Å². The lowest BCUT2D eigenvalue weighted by Crippen LogP contribution is -2.42. The zero-order chi connectivity index (χ0) is 17.6. The van der Waals surface area contributed by atoms with Crippen molar-refractivity contribution in [1.82, 2.24) is 14.5 Å². The zero-order valence-electron chi connectivity index (χ0n) is 13.4. The van der Waals surface area contributed by atoms with E-state index in [1.165, 1.54) is 10.4 Å². The Balaban J connectivity index is 1.67. The van der Waals surface area contributed by atoms with E-state index in [1.807, 2.05) is 0 Å². The van der Waals surface area contributed by atoms with Gasteiger partial charge in [0.25, 0.3) is 0 Å². The van der Waals surface area contributed by atoms with Gasteiger partial charge in [-0.3, -0.25) is 0 Å². The molecule has 1 atom stereocenters. The minimum Gasteiger partial charge on any atom is -0.492 e. The predicted molar refractivity (Wildman–Crippen MR) is 87.1 cm³/mol. The van der Waals surface area contributed by atoms with Crippen LogP contribution in [0.5, 0.6) is 5.75 Å². The van der Waals surface area contributed by atoms with Crippen LogP contribution in [-0.4, -0.2) is 49.2 Å². The summed E-state index contributed by atoms with van der Waals surface area (Å²) in [6.07, 6.45) is 0.0451. The molecule has 0 unspecified atom stereocenters. The predicted octanol–water partition coefficient (Wildman–Crippen LogP) is 1.73. The van der Waals surface area contributed by atoms with Crippen LogP contribution in [0.2, 0.25) is 5.02 Å². The highest BCUT2D eigenvalue weighted by atomic mass is 35.5. The van der Waals surface area contributed by atoms with Crippen LogP contribution in [-0.2, 0) is 21.2 Å². The van der Waals surface area contributed by atoms with E-state index in [0.29, 0.717) is 29.7 Å². The fourth-order valence-electron chi connectivity index (χ4n) is 3.00. The summed E-state index contributed by atoms with van der Waals surface area (Å²) in [6, 6.07) is 3.18. The number of halogens is 1. The molecule has 25 heavy (non-hydrogen) atoms. The summed E-state index contributed by atoms with van der Waals surface area (Å²) in [4.78, 5) is 0.0925. The molecular weight excluding hydrogens is 370 g/mol. The Bertz CT molecular complexity index is 914. The molecule has 0 radical (unpaired) electrons. The number of hydrogen-bond donors (Lipinski definition) is 0. The van der Waals surface area contributed by atoms with Crippen molar-refractivity contribution in [2.75, 3.05) is 26.3 Å². The molecule has 0 bridgehead atoms. The van der Waals surface area contributed by atoms with Crippen LogP contribution in [0.4, 0.5) is 0 Å². The Morgan fingerprint density at radius 3 is 2.88 bits per heavy atom. The van der Waals surface area contributed by atoms with E-state index in [-0.39, 0.29) is 30.5 Å². The molecule has 2 aliphatic heterocycles. The molecule has 0 N–H and O–H groups in total. The Kier molecular flexibility index (Phi) is 4.19. The highest BCUT2D eigenvalue weighted by Gasteiger charge is 2.36. The minimum absolute atomic E-state index is 0.0885. The SMILES string of the molecule is Cc1nnc([C@@H]2CN(S(=O)(=O)c3cc(Cl)cc4c3OCC4)CCO2)o1. The molecule has 1 fully saturated rings. The number of aryl methyl sites for hydroxylation is 1. The molecule has 1 aromatic heterocycles. The lowest BCUT2D eigenvalue weighted by molar-refractivity contribution is -0.0177. The average molecular weight is 386 g/mol. The number of fused-ring (bicyclic) bond motifs is 1. The van der Waals surface area contributed by atoms with Gasteiger partial charge in [0.2, 0.25) is 21.8 Å². The molecule has 4 rings (SSSR count). The lowest BCUT2D eigenvalue weighted by Gasteiger charge is -2.30. The van der Waals surface area contributed by atoms with Crippen molar-refractivity contribution in [1.29, 1.82) is 0 Å². The number of ether oxygens (including phenoxy) is 2. The normalized spacial score (nSPS) is 21.1. The molecule has 0 saturated carbocycles. The first-order valence-electron chi connectivity index (χ1n) is 7.82. The summed E-state index contributed by atoms with van der Waals surface area (Å²) >= 11 is 6.10. The quantitative estimate of drug-likeness (QED) is 0.793. The van der Waals surface area contributed by atoms with E-state index in [2.05, 4.69) is 10.2 Å². The van der Waals surface area contributed by atoms with E-state index >= 15 is 0 Å². The van der Waals surface area contributed by atoms with Crippen molar-refractivity contribution in [3.05, 3.63) is 34.5 Å². The second kappa shape index (κ2) is 6.24. The second-order valence-corrected chi connectivity index (χ2v) is 8.22. The molecule has 0 aliphatic carbocycles. The summed E-state index contributed by atoms with van der Waals surface area (Å²) in [7, 11) is -3.79. The first-order chi connectivity index (χ1) is 11.9. The van der Waals surface area contributed by atoms with E-state index in [1.54, 1.807) is 13.0 Å². The van der Waals surface area contributed by atoms with Gasteiger partial charge in [-0.1, -0.05) is 11.6 Å². The standard InChI is InChI=1S/C15H16ClN3O5S/c1-9-17-18-15(24-9)12-8-19(3-5-22-12)25(20,21)13-7-11(16)6-10-2-4-23-14(10)13/h6-7,12H,2-5,8H2,1H3/t12-/m0/s1. The molecule has 8 nitrogen and oxygen atoms in total. The Morgan fingerprint density at radius 1 is 1.28 bits per heavy atom. The van der Waals surface area contributed by atoms with Crippen LogP contribution in [0.1, 0.15) is 23.4 Å². The van der Waals surface area contributed by atoms with Gasteiger partial charge in [-0.05, 0) is 12.1 Å². The van der Waals surface area contributed by atoms with Gasteiger partial charge in [0.15, 0.2) is 0 Å². The van der Waals surface area contributed by atoms with Crippen LogP contribution in [0.3, 0.4) is 0 Å². The number of aromatic nitrogens is 2. The Morgan fingerprint density at radius 2 is 2.12 bits per heavy atom. The minimum atomic E-state index is -3.79. The molecule has 1 saturated heterocycles. The van der Waals surface area contributed by atoms with Crippen molar-refractivity contribution < 1.29 is 22.3 Å². The van der Waals surface area contributed by atoms with E-state index in [0.717, 1.165) is 5.56 Å². The van der Waals surface area contributed by atoms with Crippen LogP contribution in [0.15, 0.2) is 21.4 Å². The third kappa shape index (κ3) is 3.01. The maximum atomic E-state index is 13.1. The number of rotatable bonds is 3. The Labute approximate surface area is 149 Å². The van der Waals surface area contributed by atoms with Gasteiger partial charge in [0, 0.05) is 37.0 Å². The van der Waals surface area contributed by atoms with Gasteiger partial charge < -0.3 is 13.9 Å². The van der Waals surface area contributed by atoms with Crippen molar-refractivity contribution in [2.45, 2.75) is 24.3 Å². The molecule has 2 aromatic rings. The third-order valence-electron chi connectivity index (χ3n) is 4.18. The highest BCUT2D eigenvalue weighted by molar-refractivity contribution is 7.89. The lowest BCUT2D eigenvalue weighted by atomic mass is 10.2. The van der Waals surface area contributed by atoms with Crippen molar-refractivity contribution in [3.8, 4) is 5.75 Å². The summed E-state index contributed by atoms with van der Waals surface area (Å²) in [6.45, 7) is 2.67.